The van der Waals surface area contributed by atoms with E-state index >= 15 is 0 Å². The van der Waals surface area contributed by atoms with Gasteiger partial charge in [0, 0.05) is 25.1 Å². The molecular formula is C13H16ClNO2. The van der Waals surface area contributed by atoms with Crippen molar-refractivity contribution in [1.82, 2.24) is 0 Å². The van der Waals surface area contributed by atoms with Gasteiger partial charge in [0.2, 0.25) is 0 Å². The summed E-state index contributed by atoms with van der Waals surface area (Å²) in [6.45, 7) is 0.783. The lowest BCUT2D eigenvalue weighted by molar-refractivity contribution is 0.404. The van der Waals surface area contributed by atoms with E-state index in [1.807, 2.05) is 6.07 Å². The number of anilines is 1. The van der Waals surface area contributed by atoms with Crippen molar-refractivity contribution >= 4 is 17.3 Å². The van der Waals surface area contributed by atoms with Gasteiger partial charge in [0.1, 0.15) is 11.5 Å². The molecule has 0 amide bonds. The quantitative estimate of drug-likeness (QED) is 0.624. The van der Waals surface area contributed by atoms with Crippen LogP contribution in [0, 0.1) is 12.3 Å². The maximum absolute atomic E-state index is 6.00. The maximum atomic E-state index is 6.00. The number of terminal acetylenes is 1. The molecule has 1 aromatic carbocycles. The Labute approximate surface area is 107 Å². The van der Waals surface area contributed by atoms with Crippen molar-refractivity contribution in [3.05, 3.63) is 17.2 Å². The molecule has 0 saturated heterocycles. The molecule has 0 bridgehead atoms. The molecule has 4 heteroatoms. The predicted octanol–water partition coefficient (Wildman–Crippen LogP) is 3.18. The first kappa shape index (κ1) is 13.5. The number of unbranched alkanes of at least 4 members (excludes halogenated alkanes) is 1. The highest BCUT2D eigenvalue weighted by Crippen LogP contribution is 2.35. The number of ether oxygens (including phenoxy) is 2. The van der Waals surface area contributed by atoms with Gasteiger partial charge in [-0.05, 0) is 6.42 Å². The van der Waals surface area contributed by atoms with Gasteiger partial charge < -0.3 is 14.8 Å². The summed E-state index contributed by atoms with van der Waals surface area (Å²) in [7, 11) is 3.18. The van der Waals surface area contributed by atoms with Crippen molar-refractivity contribution in [2.24, 2.45) is 0 Å². The van der Waals surface area contributed by atoms with Crippen LogP contribution in [-0.2, 0) is 0 Å². The summed E-state index contributed by atoms with van der Waals surface area (Å²) < 4.78 is 10.4. The largest absolute Gasteiger partial charge is 0.495 e. The van der Waals surface area contributed by atoms with Crippen LogP contribution in [0.15, 0.2) is 12.1 Å². The van der Waals surface area contributed by atoms with E-state index in [2.05, 4.69) is 11.2 Å². The van der Waals surface area contributed by atoms with Crippen LogP contribution in [0.1, 0.15) is 12.8 Å². The van der Waals surface area contributed by atoms with Crippen molar-refractivity contribution < 1.29 is 9.47 Å². The van der Waals surface area contributed by atoms with E-state index < -0.39 is 0 Å². The molecule has 1 N–H and O–H groups in total. The second kappa shape index (κ2) is 6.93. The number of rotatable bonds is 6. The van der Waals surface area contributed by atoms with Gasteiger partial charge in [0.05, 0.1) is 24.9 Å². The molecule has 3 nitrogen and oxygen atoms in total. The molecule has 0 heterocycles. The summed E-state index contributed by atoms with van der Waals surface area (Å²) in [5.41, 5.74) is 0.853. The second-order valence-electron chi connectivity index (χ2n) is 3.42. The third-order valence-electron chi connectivity index (χ3n) is 2.29. The Morgan fingerprint density at radius 2 is 2.00 bits per heavy atom. The standard InChI is InChI=1S/C13H16ClNO2/c1-4-5-6-7-15-11-9-12(16-2)10(14)8-13(11)17-3/h1,8-9,15H,5-7H2,2-3H3. The Morgan fingerprint density at radius 1 is 1.29 bits per heavy atom. The van der Waals surface area contributed by atoms with Gasteiger partial charge in [0.25, 0.3) is 0 Å². The third kappa shape index (κ3) is 3.76. The van der Waals surface area contributed by atoms with Crippen LogP contribution >= 0.6 is 11.6 Å². The van der Waals surface area contributed by atoms with E-state index in [9.17, 15) is 0 Å². The van der Waals surface area contributed by atoms with Gasteiger partial charge >= 0.3 is 0 Å². The average Bonchev–Trinajstić information content (AvgIpc) is 2.35. The van der Waals surface area contributed by atoms with Crippen molar-refractivity contribution in [3.8, 4) is 23.8 Å². The molecule has 0 aromatic heterocycles. The number of hydrogen-bond acceptors (Lipinski definition) is 3. The zero-order valence-electron chi connectivity index (χ0n) is 10.0. The molecule has 0 unspecified atom stereocenters. The second-order valence-corrected chi connectivity index (χ2v) is 3.83. The fourth-order valence-corrected chi connectivity index (χ4v) is 1.64. The Hall–Kier alpha value is -1.53. The van der Waals surface area contributed by atoms with E-state index in [0.717, 1.165) is 25.1 Å². The first-order chi connectivity index (χ1) is 8.22. The fourth-order valence-electron chi connectivity index (χ4n) is 1.41. The van der Waals surface area contributed by atoms with Crippen molar-refractivity contribution in [2.75, 3.05) is 26.1 Å². The summed E-state index contributed by atoms with van der Waals surface area (Å²) in [6, 6.07) is 3.54. The molecule has 0 fully saturated rings. The third-order valence-corrected chi connectivity index (χ3v) is 2.58. The van der Waals surface area contributed by atoms with Crippen LogP contribution in [0.25, 0.3) is 0 Å². The number of methoxy groups -OCH3 is 2. The van der Waals surface area contributed by atoms with Crippen LogP contribution in [-0.4, -0.2) is 20.8 Å². The van der Waals surface area contributed by atoms with Crippen LogP contribution in [0.5, 0.6) is 11.5 Å². The lowest BCUT2D eigenvalue weighted by Crippen LogP contribution is -2.03. The molecule has 0 spiro atoms. The highest BCUT2D eigenvalue weighted by molar-refractivity contribution is 6.32. The highest BCUT2D eigenvalue weighted by Gasteiger charge is 2.09. The molecule has 0 radical (unpaired) electrons. The summed E-state index contributed by atoms with van der Waals surface area (Å²) in [5, 5.41) is 3.77. The minimum absolute atomic E-state index is 0.526. The topological polar surface area (TPSA) is 30.5 Å². The highest BCUT2D eigenvalue weighted by atomic mass is 35.5. The van der Waals surface area contributed by atoms with Crippen LogP contribution < -0.4 is 14.8 Å². The number of halogens is 1. The van der Waals surface area contributed by atoms with Gasteiger partial charge in [-0.3, -0.25) is 0 Å². The Morgan fingerprint density at radius 3 is 2.59 bits per heavy atom. The molecule has 1 rings (SSSR count). The average molecular weight is 254 g/mol. The van der Waals surface area contributed by atoms with E-state index in [-0.39, 0.29) is 0 Å². The van der Waals surface area contributed by atoms with E-state index in [4.69, 9.17) is 27.5 Å². The maximum Gasteiger partial charge on any atom is 0.143 e. The van der Waals surface area contributed by atoms with Crippen LogP contribution in [0.4, 0.5) is 5.69 Å². The molecule has 0 atom stereocenters. The van der Waals surface area contributed by atoms with E-state index in [1.165, 1.54) is 0 Å². The molecular weight excluding hydrogens is 238 g/mol. The lowest BCUT2D eigenvalue weighted by Gasteiger charge is -2.13. The molecule has 0 aliphatic rings. The Kier molecular flexibility index (Phi) is 5.51. The smallest absolute Gasteiger partial charge is 0.143 e. The molecule has 0 aliphatic heterocycles. The van der Waals surface area contributed by atoms with Gasteiger partial charge in [-0.2, -0.15) is 0 Å². The van der Waals surface area contributed by atoms with E-state index in [0.29, 0.717) is 16.5 Å². The van der Waals surface area contributed by atoms with Gasteiger partial charge in [0.15, 0.2) is 0 Å². The first-order valence-corrected chi connectivity index (χ1v) is 5.69. The number of benzene rings is 1. The van der Waals surface area contributed by atoms with Gasteiger partial charge in [-0.25, -0.2) is 0 Å². The number of nitrogens with one attached hydrogen (secondary N) is 1. The zero-order valence-corrected chi connectivity index (χ0v) is 10.8. The summed E-state index contributed by atoms with van der Waals surface area (Å²) in [5.74, 6) is 3.91. The lowest BCUT2D eigenvalue weighted by atomic mass is 10.2. The van der Waals surface area contributed by atoms with Gasteiger partial charge in [-0.1, -0.05) is 11.6 Å². The van der Waals surface area contributed by atoms with Crippen molar-refractivity contribution in [2.45, 2.75) is 12.8 Å². The minimum Gasteiger partial charge on any atom is -0.495 e. The van der Waals surface area contributed by atoms with Crippen LogP contribution in [0.3, 0.4) is 0 Å². The van der Waals surface area contributed by atoms with E-state index in [1.54, 1.807) is 20.3 Å². The number of hydrogen-bond donors (Lipinski definition) is 1. The summed E-state index contributed by atoms with van der Waals surface area (Å²) >= 11 is 6.00. The Bertz CT molecular complexity index is 413. The normalized spacial score (nSPS) is 9.53. The molecule has 0 aliphatic carbocycles. The zero-order chi connectivity index (χ0) is 12.7. The first-order valence-electron chi connectivity index (χ1n) is 5.31. The SMILES string of the molecule is C#CCCCNc1cc(OC)c(Cl)cc1OC. The van der Waals surface area contributed by atoms with Gasteiger partial charge in [-0.15, -0.1) is 12.3 Å². The summed E-state index contributed by atoms with van der Waals surface area (Å²) in [6.07, 6.45) is 6.85. The fraction of sp³-hybridized carbons (Fsp3) is 0.385. The predicted molar refractivity (Wildman–Crippen MR) is 71.1 cm³/mol. The van der Waals surface area contributed by atoms with Crippen molar-refractivity contribution in [1.29, 1.82) is 0 Å². The monoisotopic (exact) mass is 253 g/mol. The molecule has 1 aromatic rings. The van der Waals surface area contributed by atoms with Crippen molar-refractivity contribution in [3.63, 3.8) is 0 Å². The van der Waals surface area contributed by atoms with Crippen LogP contribution in [0.2, 0.25) is 5.02 Å². The summed E-state index contributed by atoms with van der Waals surface area (Å²) in [4.78, 5) is 0. The molecule has 92 valence electrons. The Balaban J connectivity index is 2.78. The minimum atomic E-state index is 0.526. The molecule has 17 heavy (non-hydrogen) atoms. The molecule has 0 saturated carbocycles.